The van der Waals surface area contributed by atoms with Gasteiger partial charge >= 0.3 is 0 Å². The van der Waals surface area contributed by atoms with E-state index in [4.69, 9.17) is 21.4 Å². The third kappa shape index (κ3) is 13.8. The third-order valence-corrected chi connectivity index (χ3v) is 14.3. The number of nitrogens with zero attached hydrogens (tertiary/aromatic N) is 3. The van der Waals surface area contributed by atoms with E-state index in [1.54, 1.807) is 0 Å². The molecule has 12 heteroatoms. The zero-order valence-corrected chi connectivity index (χ0v) is 45.5. The van der Waals surface area contributed by atoms with Crippen LogP contribution in [0.25, 0.3) is 38.9 Å². The highest BCUT2D eigenvalue weighted by Crippen LogP contribution is 2.36. The quantitative estimate of drug-likeness (QED) is 0.0143. The number of aromatic nitrogens is 2. The molecule has 1 aromatic heterocycles. The number of unbranched alkanes of at least 4 members (excludes halogenated alkanes) is 6. The minimum absolute atomic E-state index is 0.0717. The Hall–Kier alpha value is -8.77. The molecule has 1 aliphatic carbocycles. The van der Waals surface area contributed by atoms with Gasteiger partial charge in [0.1, 0.15) is 16.7 Å². The monoisotopic (exact) mass is 1040 g/mol. The maximum absolute atomic E-state index is 13.0. The summed E-state index contributed by atoms with van der Waals surface area (Å²) >= 11 is 0. The van der Waals surface area contributed by atoms with Crippen LogP contribution in [-0.4, -0.2) is 48.7 Å². The van der Waals surface area contributed by atoms with E-state index in [1.807, 2.05) is 123 Å². The van der Waals surface area contributed by atoms with Gasteiger partial charge in [-0.25, -0.2) is 4.98 Å². The number of carbonyl (C=O) groups is 2. The summed E-state index contributed by atoms with van der Waals surface area (Å²) in [4.78, 5) is 36.0. The van der Waals surface area contributed by atoms with Crippen molar-refractivity contribution in [2.45, 2.75) is 85.5 Å². The fourth-order valence-corrected chi connectivity index (χ4v) is 10.1. The van der Waals surface area contributed by atoms with Gasteiger partial charge in [-0.1, -0.05) is 92.4 Å². The molecular weight excluding hydrogens is 965 g/mol. The predicted octanol–water partition coefficient (Wildman–Crippen LogP) is 13.5. The molecule has 8 aromatic rings. The Morgan fingerprint density at radius 2 is 1.15 bits per heavy atom. The van der Waals surface area contributed by atoms with Crippen molar-refractivity contribution in [3.63, 3.8) is 0 Å². The smallest absolute Gasteiger partial charge is 0.260 e. The lowest BCUT2D eigenvalue weighted by molar-refractivity contribution is -0.537. The number of nitrogen functional groups attached to an aromatic ring is 2. The molecule has 398 valence electrons. The first-order chi connectivity index (χ1) is 38.0. The van der Waals surface area contributed by atoms with E-state index < -0.39 is 0 Å². The summed E-state index contributed by atoms with van der Waals surface area (Å²) < 4.78 is 2.22. The number of hydrogen-bond donors (Lipinski definition) is 7. The zero-order valence-electron chi connectivity index (χ0n) is 45.5. The van der Waals surface area contributed by atoms with E-state index in [9.17, 15) is 9.59 Å². The maximum Gasteiger partial charge on any atom is 0.260 e. The maximum atomic E-state index is 13.0. The van der Waals surface area contributed by atoms with E-state index in [0.29, 0.717) is 35.6 Å². The van der Waals surface area contributed by atoms with Crippen molar-refractivity contribution in [1.82, 2.24) is 20.9 Å². The molecule has 0 spiro atoms. The summed E-state index contributed by atoms with van der Waals surface area (Å²) in [5, 5.41) is 16.9. The lowest BCUT2D eigenvalue weighted by Gasteiger charge is -2.18. The molecule has 1 aliphatic rings. The average Bonchev–Trinajstić information content (AvgIpc) is 3.45. The van der Waals surface area contributed by atoms with Crippen molar-refractivity contribution in [3.05, 3.63) is 197 Å². The van der Waals surface area contributed by atoms with Gasteiger partial charge in [-0.05, 0) is 160 Å². The van der Waals surface area contributed by atoms with Crippen LogP contribution in [-0.2, 0) is 0 Å². The number of fused-ring (bicyclic) bond motifs is 2. The van der Waals surface area contributed by atoms with Gasteiger partial charge < -0.3 is 38.1 Å². The molecule has 12 nitrogen and oxygen atoms in total. The third-order valence-electron chi connectivity index (χ3n) is 14.3. The summed E-state index contributed by atoms with van der Waals surface area (Å²) in [7, 11) is 0. The van der Waals surface area contributed by atoms with Gasteiger partial charge in [-0.3, -0.25) is 14.6 Å². The van der Waals surface area contributed by atoms with Crippen LogP contribution in [0, 0.1) is 20.8 Å². The summed E-state index contributed by atoms with van der Waals surface area (Å²) in [5.74, 6) is -0.147. The van der Waals surface area contributed by atoms with E-state index in [2.05, 4.69) is 93.5 Å². The van der Waals surface area contributed by atoms with E-state index in [-0.39, 0.29) is 11.8 Å². The number of carbonyl (C=O) groups excluding carboxylic acids is 2. The number of aliphatic imine (C=N–C) groups is 1. The molecule has 0 saturated carbocycles. The Bertz CT molecular complexity index is 3500. The Balaban J connectivity index is 0.640. The molecule has 1 heterocycles. The number of rotatable bonds is 23. The minimum Gasteiger partial charge on any atom is -0.397 e. The van der Waals surface area contributed by atoms with Gasteiger partial charge in [0, 0.05) is 84.7 Å². The Kier molecular flexibility index (Phi) is 17.9. The minimum atomic E-state index is -0.0754. The van der Waals surface area contributed by atoms with Gasteiger partial charge in [0.05, 0.1) is 17.1 Å². The number of hydrogen-bond acceptors (Lipinski definition) is 9. The lowest BCUT2D eigenvalue weighted by atomic mass is 10.0. The lowest BCUT2D eigenvalue weighted by Crippen LogP contribution is -2.34. The molecule has 2 amide bonds. The number of amides is 2. The number of allylic oxidation sites excluding steroid dienone is 3. The van der Waals surface area contributed by atoms with Crippen LogP contribution in [0.15, 0.2) is 174 Å². The normalized spacial score (nSPS) is 12.8. The molecule has 78 heavy (non-hydrogen) atoms. The van der Waals surface area contributed by atoms with Crippen LogP contribution in [0.3, 0.4) is 0 Å². The number of aryl methyl sites for hydroxylation is 3. The molecule has 0 aliphatic heterocycles. The van der Waals surface area contributed by atoms with Crippen molar-refractivity contribution in [2.24, 2.45) is 4.99 Å². The van der Waals surface area contributed by atoms with Crippen molar-refractivity contribution >= 4 is 73.7 Å². The number of anilines is 5. The van der Waals surface area contributed by atoms with Crippen molar-refractivity contribution in [1.29, 1.82) is 0 Å². The topological polar surface area (TPSA) is 175 Å². The Morgan fingerprint density at radius 1 is 0.590 bits per heavy atom. The first-order valence-electron chi connectivity index (χ1n) is 27.5. The highest BCUT2D eigenvalue weighted by Gasteiger charge is 2.23. The molecule has 0 saturated heterocycles. The van der Waals surface area contributed by atoms with Crippen LogP contribution in [0.4, 0.5) is 34.1 Å². The van der Waals surface area contributed by atoms with Gasteiger partial charge in [0.15, 0.2) is 0 Å². The van der Waals surface area contributed by atoms with Crippen LogP contribution in [0.1, 0.15) is 102 Å². The second-order valence-electron chi connectivity index (χ2n) is 20.5. The van der Waals surface area contributed by atoms with Gasteiger partial charge in [-0.2, -0.15) is 0 Å². The number of benzene rings is 7. The molecular formula is C66H73N10O2+. The fourth-order valence-electron chi connectivity index (χ4n) is 10.1. The molecule has 9 rings (SSSR count). The largest absolute Gasteiger partial charge is 0.397 e. The van der Waals surface area contributed by atoms with Crippen molar-refractivity contribution in [3.8, 4) is 16.8 Å². The van der Waals surface area contributed by atoms with E-state index in [0.717, 1.165) is 166 Å². The highest BCUT2D eigenvalue weighted by atomic mass is 16.2. The molecule has 0 atom stereocenters. The first kappa shape index (κ1) is 54.0. The molecule has 0 bridgehead atoms. The molecule has 0 radical (unpaired) electrons. The summed E-state index contributed by atoms with van der Waals surface area (Å²) in [6, 6.07) is 48.1. The van der Waals surface area contributed by atoms with Crippen LogP contribution >= 0.6 is 0 Å². The second kappa shape index (κ2) is 25.8. The van der Waals surface area contributed by atoms with Crippen LogP contribution in [0.2, 0.25) is 0 Å². The van der Waals surface area contributed by atoms with E-state index in [1.165, 1.54) is 0 Å². The van der Waals surface area contributed by atoms with Gasteiger partial charge in [0.25, 0.3) is 17.3 Å². The molecule has 0 unspecified atom stereocenters. The van der Waals surface area contributed by atoms with E-state index >= 15 is 0 Å². The number of nitrogens with one attached hydrogen (secondary N) is 5. The standard InChI is InChI=1S/C66H72N10O2/c1-44-37-55(67)63(74-52-19-11-9-12-20-52)60(39-44)73-53-31-32-57(46(3)41-53)69-33-15-5-7-17-35-71-65(77)50-27-23-48(24-28-50)49-25-29-51(30-26-49)66(78)72-36-18-8-6-16-34-70-58-43-62-59(42-47(58)4)75-61-40-45(2)38-56(68)64(61)76(62)54-21-13-10-14-22-54/h9-14,19-30,32,37-43,69H,5-8,15-18,31,33-36,68H2,1-4H3,(H5,67,70,71,72,74,75,77,78)/p+1. The average molecular weight is 1040 g/mol. The molecule has 7 aromatic carbocycles. The van der Waals surface area contributed by atoms with Crippen molar-refractivity contribution < 1.29 is 14.2 Å². The molecule has 0 fully saturated rings. The van der Waals surface area contributed by atoms with Crippen LogP contribution in [0.5, 0.6) is 0 Å². The Morgan fingerprint density at radius 3 is 1.77 bits per heavy atom. The zero-order chi connectivity index (χ0) is 54.4. The molecule has 9 N–H and O–H groups in total. The highest BCUT2D eigenvalue weighted by molar-refractivity contribution is 6.02. The Labute approximate surface area is 459 Å². The van der Waals surface area contributed by atoms with Crippen molar-refractivity contribution in [2.75, 3.05) is 48.3 Å². The number of para-hydroxylation sites is 2. The second-order valence-corrected chi connectivity index (χ2v) is 20.5. The number of nitrogens with two attached hydrogens (primary N) is 2. The predicted molar refractivity (Wildman–Crippen MR) is 324 cm³/mol. The van der Waals surface area contributed by atoms with Gasteiger partial charge in [-0.15, -0.1) is 4.57 Å². The summed E-state index contributed by atoms with van der Waals surface area (Å²) in [5.41, 5.74) is 32.7. The van der Waals surface area contributed by atoms with Crippen LogP contribution < -0.4 is 42.6 Å². The first-order valence-corrected chi connectivity index (χ1v) is 27.5. The van der Waals surface area contributed by atoms with Gasteiger partial charge in [0.2, 0.25) is 11.2 Å². The SMILES string of the molecule is CC1=CC(=Nc2cc(C)cc(N)c2Nc2ccccc2)CC=C1NCCCCCCNC(=O)c1ccc(-c2ccc(C(=O)NCCCCCCNc3cc4c(cc3C)nc3cc(C)cc(N)c3[n+]4-c3ccccc3)cc2)cc1. The summed E-state index contributed by atoms with van der Waals surface area (Å²) in [6.07, 6.45) is 13.2. The summed E-state index contributed by atoms with van der Waals surface area (Å²) in [6.45, 7) is 11.3. The fraction of sp³-hybridized carbons (Fsp3) is 0.258.